The van der Waals surface area contributed by atoms with E-state index < -0.39 is 0 Å². The number of benzene rings is 1. The largest absolute Gasteiger partial charge is 0.381 e. The number of methoxy groups -OCH3 is 1. The fourth-order valence-electron chi connectivity index (χ4n) is 3.76. The SMILES string of the molecule is COC1CCN(C2CCN(Cc3ccccc3)CC2)CC1. The van der Waals surface area contributed by atoms with Crippen LogP contribution in [0, 0.1) is 0 Å². The second-order valence-electron chi connectivity index (χ2n) is 6.46. The normalized spacial score (nSPS) is 23.5. The van der Waals surface area contributed by atoms with Gasteiger partial charge in [-0.25, -0.2) is 0 Å². The first kappa shape index (κ1) is 15.0. The number of hydrogen-bond donors (Lipinski definition) is 0. The number of hydrogen-bond acceptors (Lipinski definition) is 3. The Labute approximate surface area is 128 Å². The van der Waals surface area contributed by atoms with Crippen molar-refractivity contribution >= 4 is 0 Å². The molecule has 0 unspecified atom stereocenters. The first-order valence-corrected chi connectivity index (χ1v) is 8.38. The van der Waals surface area contributed by atoms with Crippen LogP contribution in [0.4, 0.5) is 0 Å². The summed E-state index contributed by atoms with van der Waals surface area (Å²) in [6.07, 6.45) is 5.57. The number of ether oxygens (including phenoxy) is 1. The lowest BCUT2D eigenvalue weighted by Gasteiger charge is -2.41. The highest BCUT2D eigenvalue weighted by atomic mass is 16.5. The standard InChI is InChI=1S/C18H28N2O/c1-21-18-9-13-20(14-10-18)17-7-11-19(12-8-17)15-16-5-3-2-4-6-16/h2-6,17-18H,7-15H2,1H3. The van der Waals surface area contributed by atoms with E-state index in [9.17, 15) is 0 Å². The number of nitrogens with zero attached hydrogens (tertiary/aromatic N) is 2. The molecule has 0 radical (unpaired) electrons. The van der Waals surface area contributed by atoms with Crippen molar-refractivity contribution < 1.29 is 4.74 Å². The van der Waals surface area contributed by atoms with Gasteiger partial charge in [-0.1, -0.05) is 30.3 Å². The summed E-state index contributed by atoms with van der Waals surface area (Å²) in [5, 5.41) is 0. The number of likely N-dealkylation sites (tertiary alicyclic amines) is 2. The Morgan fingerprint density at radius 2 is 1.62 bits per heavy atom. The summed E-state index contributed by atoms with van der Waals surface area (Å²) in [5.41, 5.74) is 1.44. The smallest absolute Gasteiger partial charge is 0.0595 e. The zero-order chi connectivity index (χ0) is 14.5. The van der Waals surface area contributed by atoms with Gasteiger partial charge in [-0.15, -0.1) is 0 Å². The van der Waals surface area contributed by atoms with Gasteiger partial charge in [0.05, 0.1) is 6.10 Å². The predicted molar refractivity (Wildman–Crippen MR) is 86.3 cm³/mol. The average Bonchev–Trinajstić information content (AvgIpc) is 2.57. The van der Waals surface area contributed by atoms with Crippen molar-refractivity contribution in [2.45, 2.75) is 44.4 Å². The molecule has 2 fully saturated rings. The summed E-state index contributed by atoms with van der Waals surface area (Å²) in [6, 6.07) is 11.7. The van der Waals surface area contributed by atoms with Crippen LogP contribution in [0.5, 0.6) is 0 Å². The number of piperidine rings is 2. The zero-order valence-electron chi connectivity index (χ0n) is 13.2. The van der Waals surface area contributed by atoms with Gasteiger partial charge in [0.1, 0.15) is 0 Å². The van der Waals surface area contributed by atoms with Crippen LogP contribution >= 0.6 is 0 Å². The van der Waals surface area contributed by atoms with E-state index in [2.05, 4.69) is 40.1 Å². The van der Waals surface area contributed by atoms with Gasteiger partial charge in [0.15, 0.2) is 0 Å². The molecule has 0 N–H and O–H groups in total. The minimum Gasteiger partial charge on any atom is -0.381 e. The second-order valence-corrected chi connectivity index (χ2v) is 6.46. The molecule has 0 bridgehead atoms. The van der Waals surface area contributed by atoms with E-state index in [0.29, 0.717) is 6.10 Å². The molecule has 0 spiro atoms. The van der Waals surface area contributed by atoms with Gasteiger partial charge >= 0.3 is 0 Å². The monoisotopic (exact) mass is 288 g/mol. The van der Waals surface area contributed by atoms with Gasteiger partial charge in [0.25, 0.3) is 0 Å². The van der Waals surface area contributed by atoms with Crippen LogP contribution < -0.4 is 0 Å². The van der Waals surface area contributed by atoms with Crippen molar-refractivity contribution in [1.29, 1.82) is 0 Å². The second kappa shape index (κ2) is 7.39. The van der Waals surface area contributed by atoms with E-state index in [0.717, 1.165) is 12.6 Å². The summed E-state index contributed by atoms with van der Waals surface area (Å²) >= 11 is 0. The van der Waals surface area contributed by atoms with Crippen molar-refractivity contribution in [3.05, 3.63) is 35.9 Å². The summed E-state index contributed by atoms with van der Waals surface area (Å²) in [5.74, 6) is 0. The van der Waals surface area contributed by atoms with E-state index >= 15 is 0 Å². The lowest BCUT2D eigenvalue weighted by molar-refractivity contribution is 0.0137. The molecule has 3 nitrogen and oxygen atoms in total. The highest BCUT2D eigenvalue weighted by molar-refractivity contribution is 5.14. The van der Waals surface area contributed by atoms with E-state index in [4.69, 9.17) is 4.74 Å². The molecule has 0 atom stereocenters. The Bertz CT molecular complexity index is 406. The fraction of sp³-hybridized carbons (Fsp3) is 0.667. The summed E-state index contributed by atoms with van der Waals surface area (Å²) in [7, 11) is 1.85. The van der Waals surface area contributed by atoms with Gasteiger partial charge in [-0.3, -0.25) is 4.90 Å². The van der Waals surface area contributed by atoms with E-state index in [1.54, 1.807) is 0 Å². The topological polar surface area (TPSA) is 15.7 Å². The first-order valence-electron chi connectivity index (χ1n) is 8.38. The molecule has 1 aromatic rings. The maximum atomic E-state index is 5.48. The molecule has 2 heterocycles. The van der Waals surface area contributed by atoms with Crippen molar-refractivity contribution in [2.24, 2.45) is 0 Å². The minimum atomic E-state index is 0.499. The molecule has 0 amide bonds. The molecule has 2 aliphatic heterocycles. The quantitative estimate of drug-likeness (QED) is 0.847. The molecule has 0 saturated carbocycles. The van der Waals surface area contributed by atoms with Gasteiger partial charge in [-0.05, 0) is 44.3 Å². The van der Waals surface area contributed by atoms with Crippen molar-refractivity contribution in [3.63, 3.8) is 0 Å². The molecule has 0 aliphatic carbocycles. The molecule has 21 heavy (non-hydrogen) atoms. The molecular formula is C18H28N2O. The Hall–Kier alpha value is -0.900. The van der Waals surface area contributed by atoms with Crippen LogP contribution in [0.2, 0.25) is 0 Å². The summed E-state index contributed by atoms with van der Waals surface area (Å²) in [4.78, 5) is 5.31. The average molecular weight is 288 g/mol. The van der Waals surface area contributed by atoms with E-state index in [1.807, 2.05) is 7.11 Å². The molecule has 2 saturated heterocycles. The third kappa shape index (κ3) is 4.06. The van der Waals surface area contributed by atoms with E-state index in [-0.39, 0.29) is 0 Å². The summed E-state index contributed by atoms with van der Waals surface area (Å²) in [6.45, 7) is 6.04. The van der Waals surface area contributed by atoms with Crippen molar-refractivity contribution in [1.82, 2.24) is 9.80 Å². The lowest BCUT2D eigenvalue weighted by Crippen LogP contribution is -2.48. The molecule has 3 heteroatoms. The molecule has 116 valence electrons. The highest BCUT2D eigenvalue weighted by Crippen LogP contribution is 2.22. The Kier molecular flexibility index (Phi) is 5.28. The minimum absolute atomic E-state index is 0.499. The highest BCUT2D eigenvalue weighted by Gasteiger charge is 2.27. The van der Waals surface area contributed by atoms with Crippen LogP contribution in [-0.4, -0.2) is 55.2 Å². The molecule has 2 aliphatic rings. The Morgan fingerprint density at radius 1 is 0.952 bits per heavy atom. The maximum absolute atomic E-state index is 5.48. The van der Waals surface area contributed by atoms with Crippen LogP contribution in [-0.2, 0) is 11.3 Å². The maximum Gasteiger partial charge on any atom is 0.0595 e. The van der Waals surface area contributed by atoms with Crippen LogP contribution in [0.15, 0.2) is 30.3 Å². The zero-order valence-corrected chi connectivity index (χ0v) is 13.2. The molecular weight excluding hydrogens is 260 g/mol. The molecule has 3 rings (SSSR count). The molecule has 0 aromatic heterocycles. The summed E-state index contributed by atoms with van der Waals surface area (Å²) < 4.78 is 5.48. The van der Waals surface area contributed by atoms with Crippen molar-refractivity contribution in [3.8, 4) is 0 Å². The van der Waals surface area contributed by atoms with Crippen LogP contribution in [0.3, 0.4) is 0 Å². The lowest BCUT2D eigenvalue weighted by atomic mass is 9.98. The van der Waals surface area contributed by atoms with E-state index in [1.165, 1.54) is 57.4 Å². The van der Waals surface area contributed by atoms with Gasteiger partial charge in [0.2, 0.25) is 0 Å². The van der Waals surface area contributed by atoms with Gasteiger partial charge in [-0.2, -0.15) is 0 Å². The Morgan fingerprint density at radius 3 is 2.24 bits per heavy atom. The fourth-order valence-corrected chi connectivity index (χ4v) is 3.76. The predicted octanol–water partition coefficient (Wildman–Crippen LogP) is 2.76. The Balaban J connectivity index is 1.43. The third-order valence-corrected chi connectivity index (χ3v) is 5.13. The molecule has 1 aromatic carbocycles. The third-order valence-electron chi connectivity index (χ3n) is 5.13. The van der Waals surface area contributed by atoms with Crippen molar-refractivity contribution in [2.75, 3.05) is 33.3 Å². The van der Waals surface area contributed by atoms with Gasteiger partial charge in [0, 0.05) is 32.8 Å². The van der Waals surface area contributed by atoms with Crippen LogP contribution in [0.1, 0.15) is 31.2 Å². The number of rotatable bonds is 4. The van der Waals surface area contributed by atoms with Crippen LogP contribution in [0.25, 0.3) is 0 Å². The van der Waals surface area contributed by atoms with Gasteiger partial charge < -0.3 is 9.64 Å². The first-order chi connectivity index (χ1) is 10.3.